The van der Waals surface area contributed by atoms with Crippen molar-refractivity contribution in [1.29, 1.82) is 0 Å². The van der Waals surface area contributed by atoms with Gasteiger partial charge in [0.25, 0.3) is 5.91 Å². The molecule has 0 aromatic carbocycles. The minimum atomic E-state index is -0.0439. The lowest BCUT2D eigenvalue weighted by Gasteiger charge is -2.12. The van der Waals surface area contributed by atoms with Crippen molar-refractivity contribution in [3.8, 4) is 0 Å². The third kappa shape index (κ3) is 2.46. The number of carbonyl (C=O) groups is 1. The first-order valence-corrected chi connectivity index (χ1v) is 5.94. The summed E-state index contributed by atoms with van der Waals surface area (Å²) in [6.07, 6.45) is 3.48. The van der Waals surface area contributed by atoms with Crippen molar-refractivity contribution in [2.75, 3.05) is 0 Å². The maximum absolute atomic E-state index is 11.8. The fourth-order valence-electron chi connectivity index (χ4n) is 1.39. The first kappa shape index (κ1) is 10.8. The van der Waals surface area contributed by atoms with Gasteiger partial charge in [0.2, 0.25) is 0 Å². The topological polar surface area (TPSA) is 42.0 Å². The predicted molar refractivity (Wildman–Crippen MR) is 64.4 cm³/mol. The lowest BCUT2D eigenvalue weighted by Crippen LogP contribution is -2.26. The lowest BCUT2D eigenvalue weighted by molar-refractivity contribution is 0.0940. The maximum Gasteiger partial charge on any atom is 0.252 e. The molecule has 0 aliphatic carbocycles. The second kappa shape index (κ2) is 4.90. The molecule has 82 valence electrons. The molecule has 3 nitrogen and oxygen atoms in total. The summed E-state index contributed by atoms with van der Waals surface area (Å²) in [4.78, 5) is 15.8. The normalized spacial score (nSPS) is 12.1. The standard InChI is InChI=1S/C12H12N2OS/c1-9(10-3-2-5-13-7-10)14-12(15)11-4-6-16-8-11/h2-9H,1H3,(H,14,15)/t9-/m1/s1. The second-order valence-corrected chi connectivity index (χ2v) is 4.27. The summed E-state index contributed by atoms with van der Waals surface area (Å²) in [6, 6.07) is 5.60. The fraction of sp³-hybridized carbons (Fsp3) is 0.167. The van der Waals surface area contributed by atoms with Crippen molar-refractivity contribution in [2.45, 2.75) is 13.0 Å². The largest absolute Gasteiger partial charge is 0.345 e. The van der Waals surface area contributed by atoms with Gasteiger partial charge in [0.15, 0.2) is 0 Å². The lowest BCUT2D eigenvalue weighted by atomic mass is 10.1. The summed E-state index contributed by atoms with van der Waals surface area (Å²) in [5.74, 6) is -0.0439. The number of hydrogen-bond acceptors (Lipinski definition) is 3. The zero-order chi connectivity index (χ0) is 11.4. The van der Waals surface area contributed by atoms with Crippen molar-refractivity contribution >= 4 is 17.2 Å². The number of pyridine rings is 1. The van der Waals surface area contributed by atoms with E-state index in [1.807, 2.05) is 35.9 Å². The van der Waals surface area contributed by atoms with Gasteiger partial charge in [-0.05, 0) is 30.0 Å². The molecule has 0 aliphatic rings. The summed E-state index contributed by atoms with van der Waals surface area (Å²) >= 11 is 1.52. The molecule has 16 heavy (non-hydrogen) atoms. The molecule has 2 aromatic rings. The smallest absolute Gasteiger partial charge is 0.252 e. The summed E-state index contributed by atoms with van der Waals surface area (Å²) < 4.78 is 0. The number of hydrogen-bond donors (Lipinski definition) is 1. The number of thiophene rings is 1. The van der Waals surface area contributed by atoms with Gasteiger partial charge in [-0.15, -0.1) is 0 Å². The SMILES string of the molecule is C[C@@H](NC(=O)c1ccsc1)c1cccnc1. The number of aromatic nitrogens is 1. The van der Waals surface area contributed by atoms with Crippen LogP contribution in [0.4, 0.5) is 0 Å². The summed E-state index contributed by atoms with van der Waals surface area (Å²) in [5.41, 5.74) is 1.71. The summed E-state index contributed by atoms with van der Waals surface area (Å²) in [7, 11) is 0. The van der Waals surface area contributed by atoms with E-state index in [1.54, 1.807) is 12.4 Å². The monoisotopic (exact) mass is 232 g/mol. The number of amides is 1. The highest BCUT2D eigenvalue weighted by atomic mass is 32.1. The Labute approximate surface area is 98.2 Å². The van der Waals surface area contributed by atoms with Gasteiger partial charge in [-0.1, -0.05) is 6.07 Å². The molecule has 1 amide bonds. The van der Waals surface area contributed by atoms with E-state index >= 15 is 0 Å². The average Bonchev–Trinajstić information content (AvgIpc) is 2.83. The Morgan fingerprint density at radius 2 is 2.38 bits per heavy atom. The molecule has 4 heteroatoms. The van der Waals surface area contributed by atoms with Gasteiger partial charge in [0, 0.05) is 17.8 Å². The van der Waals surface area contributed by atoms with E-state index < -0.39 is 0 Å². The van der Waals surface area contributed by atoms with Crippen LogP contribution in [0.15, 0.2) is 41.4 Å². The molecule has 0 bridgehead atoms. The highest BCUT2D eigenvalue weighted by Crippen LogP contribution is 2.12. The van der Waals surface area contributed by atoms with Crippen LogP contribution in [-0.2, 0) is 0 Å². The third-order valence-corrected chi connectivity index (χ3v) is 3.00. The van der Waals surface area contributed by atoms with Crippen molar-refractivity contribution in [3.05, 3.63) is 52.5 Å². The molecule has 0 saturated heterocycles. The number of carbonyl (C=O) groups excluding carboxylic acids is 1. The highest BCUT2D eigenvalue weighted by Gasteiger charge is 2.11. The van der Waals surface area contributed by atoms with Gasteiger partial charge in [0.1, 0.15) is 0 Å². The van der Waals surface area contributed by atoms with Crippen molar-refractivity contribution in [2.24, 2.45) is 0 Å². The Bertz CT molecular complexity index is 453. The van der Waals surface area contributed by atoms with Gasteiger partial charge >= 0.3 is 0 Å². The molecule has 0 saturated carbocycles. The first-order valence-electron chi connectivity index (χ1n) is 5.00. The van der Waals surface area contributed by atoms with Gasteiger partial charge in [-0.3, -0.25) is 9.78 Å². The van der Waals surface area contributed by atoms with Crippen LogP contribution in [0.25, 0.3) is 0 Å². The van der Waals surface area contributed by atoms with Crippen LogP contribution in [-0.4, -0.2) is 10.9 Å². The highest BCUT2D eigenvalue weighted by molar-refractivity contribution is 7.08. The van der Waals surface area contributed by atoms with E-state index in [-0.39, 0.29) is 11.9 Å². The Kier molecular flexibility index (Phi) is 3.31. The Hall–Kier alpha value is -1.68. The van der Waals surface area contributed by atoms with E-state index in [2.05, 4.69) is 10.3 Å². The second-order valence-electron chi connectivity index (χ2n) is 3.49. The van der Waals surface area contributed by atoms with Gasteiger partial charge < -0.3 is 5.32 Å². The van der Waals surface area contributed by atoms with E-state index in [0.717, 1.165) is 5.56 Å². The Balaban J connectivity index is 2.03. The van der Waals surface area contributed by atoms with Crippen LogP contribution in [0.2, 0.25) is 0 Å². The van der Waals surface area contributed by atoms with E-state index in [0.29, 0.717) is 5.56 Å². The van der Waals surface area contributed by atoms with E-state index in [1.165, 1.54) is 11.3 Å². The van der Waals surface area contributed by atoms with Crippen molar-refractivity contribution < 1.29 is 4.79 Å². The molecule has 0 radical (unpaired) electrons. The Morgan fingerprint density at radius 1 is 1.50 bits per heavy atom. The molecule has 0 spiro atoms. The van der Waals surface area contributed by atoms with E-state index in [4.69, 9.17) is 0 Å². The van der Waals surface area contributed by atoms with Crippen LogP contribution in [0, 0.1) is 0 Å². The van der Waals surface area contributed by atoms with Crippen LogP contribution in [0.3, 0.4) is 0 Å². The number of nitrogens with zero attached hydrogens (tertiary/aromatic N) is 1. The van der Waals surface area contributed by atoms with Crippen LogP contribution < -0.4 is 5.32 Å². The van der Waals surface area contributed by atoms with Crippen molar-refractivity contribution in [3.63, 3.8) is 0 Å². The summed E-state index contributed by atoms with van der Waals surface area (Å²) in [5, 5.41) is 6.66. The van der Waals surface area contributed by atoms with Crippen LogP contribution >= 0.6 is 11.3 Å². The van der Waals surface area contributed by atoms with Crippen LogP contribution in [0.5, 0.6) is 0 Å². The molecular formula is C12H12N2OS. The summed E-state index contributed by atoms with van der Waals surface area (Å²) in [6.45, 7) is 1.95. The number of nitrogens with one attached hydrogen (secondary N) is 1. The maximum atomic E-state index is 11.8. The minimum Gasteiger partial charge on any atom is -0.345 e. The third-order valence-electron chi connectivity index (χ3n) is 2.32. The fourth-order valence-corrected chi connectivity index (χ4v) is 2.03. The Morgan fingerprint density at radius 3 is 3.00 bits per heavy atom. The molecule has 1 N–H and O–H groups in total. The van der Waals surface area contributed by atoms with Gasteiger partial charge in [0.05, 0.1) is 11.6 Å². The molecule has 1 atom stereocenters. The van der Waals surface area contributed by atoms with E-state index in [9.17, 15) is 4.79 Å². The molecule has 0 unspecified atom stereocenters. The molecule has 0 fully saturated rings. The predicted octanol–water partition coefficient (Wildman–Crippen LogP) is 2.63. The zero-order valence-electron chi connectivity index (χ0n) is 8.88. The van der Waals surface area contributed by atoms with Gasteiger partial charge in [-0.2, -0.15) is 11.3 Å². The molecule has 2 rings (SSSR count). The molecular weight excluding hydrogens is 220 g/mol. The van der Waals surface area contributed by atoms with Gasteiger partial charge in [-0.25, -0.2) is 0 Å². The molecule has 0 aliphatic heterocycles. The van der Waals surface area contributed by atoms with Crippen molar-refractivity contribution in [1.82, 2.24) is 10.3 Å². The zero-order valence-corrected chi connectivity index (χ0v) is 9.70. The van der Waals surface area contributed by atoms with Crippen LogP contribution in [0.1, 0.15) is 28.9 Å². The number of rotatable bonds is 3. The average molecular weight is 232 g/mol. The quantitative estimate of drug-likeness (QED) is 0.884. The molecule has 2 aromatic heterocycles. The minimum absolute atomic E-state index is 0.0268. The molecule has 2 heterocycles. The first-order chi connectivity index (χ1) is 7.77.